The van der Waals surface area contributed by atoms with Gasteiger partial charge >= 0.3 is 5.97 Å². The molecule has 1 saturated carbocycles. The van der Waals surface area contributed by atoms with Crippen LogP contribution in [-0.2, 0) is 0 Å². The van der Waals surface area contributed by atoms with Crippen LogP contribution in [0.15, 0.2) is 24.4 Å². The number of rotatable bonds is 3. The van der Waals surface area contributed by atoms with Crippen LogP contribution in [0.4, 0.5) is 0 Å². The Labute approximate surface area is 122 Å². The average molecular weight is 286 g/mol. The van der Waals surface area contributed by atoms with Gasteiger partial charge in [0.25, 0.3) is 0 Å². The molecule has 1 N–H and O–H groups in total. The Bertz CT molecular complexity index is 630. The summed E-state index contributed by atoms with van der Waals surface area (Å²) in [6, 6.07) is 5.65. The number of pyridine rings is 1. The van der Waals surface area contributed by atoms with Crippen molar-refractivity contribution in [2.24, 2.45) is 5.92 Å². The predicted molar refractivity (Wildman–Crippen MR) is 76.9 cm³/mol. The second kappa shape index (κ2) is 5.63. The maximum atomic E-state index is 11.4. The maximum absolute atomic E-state index is 11.4. The molecular formula is C15H18N4O2. The summed E-state index contributed by atoms with van der Waals surface area (Å²) in [6.07, 6.45) is 5.93. The van der Waals surface area contributed by atoms with Gasteiger partial charge in [-0.1, -0.05) is 18.2 Å². The van der Waals surface area contributed by atoms with Gasteiger partial charge in [0.15, 0.2) is 5.69 Å². The van der Waals surface area contributed by atoms with Crippen LogP contribution in [0.3, 0.4) is 0 Å². The van der Waals surface area contributed by atoms with Crippen molar-refractivity contribution in [1.29, 1.82) is 0 Å². The molecule has 0 bridgehead atoms. The third kappa shape index (κ3) is 2.66. The van der Waals surface area contributed by atoms with Gasteiger partial charge in [0, 0.05) is 6.20 Å². The standard InChI is InChI=1S/C15H18N4O2/c1-10-5-7-11(8-6-10)19-14(12-4-2-3-9-16-12)13(15(20)21)17-18-19/h2-4,9-11H,5-8H2,1H3,(H,20,21). The largest absolute Gasteiger partial charge is 0.476 e. The van der Waals surface area contributed by atoms with Gasteiger partial charge in [0.05, 0.1) is 11.7 Å². The first-order chi connectivity index (χ1) is 10.2. The van der Waals surface area contributed by atoms with E-state index in [1.807, 2.05) is 6.07 Å². The quantitative estimate of drug-likeness (QED) is 0.938. The minimum Gasteiger partial charge on any atom is -0.476 e. The molecule has 2 aromatic rings. The van der Waals surface area contributed by atoms with Gasteiger partial charge in [-0.15, -0.1) is 5.10 Å². The van der Waals surface area contributed by atoms with E-state index >= 15 is 0 Å². The Hall–Kier alpha value is -2.24. The lowest BCUT2D eigenvalue weighted by atomic mass is 9.87. The Kier molecular flexibility index (Phi) is 3.68. The lowest BCUT2D eigenvalue weighted by Gasteiger charge is -2.27. The van der Waals surface area contributed by atoms with Crippen LogP contribution in [0.25, 0.3) is 11.4 Å². The number of hydrogen-bond acceptors (Lipinski definition) is 4. The summed E-state index contributed by atoms with van der Waals surface area (Å²) in [6.45, 7) is 2.25. The SMILES string of the molecule is CC1CCC(n2nnc(C(=O)O)c2-c2ccccn2)CC1. The molecule has 1 aliphatic rings. The van der Waals surface area contributed by atoms with Crippen molar-refractivity contribution in [3.8, 4) is 11.4 Å². The fourth-order valence-electron chi connectivity index (χ4n) is 2.92. The van der Waals surface area contributed by atoms with E-state index in [9.17, 15) is 9.90 Å². The van der Waals surface area contributed by atoms with E-state index in [2.05, 4.69) is 22.2 Å². The monoisotopic (exact) mass is 286 g/mol. The molecule has 0 aliphatic heterocycles. The second-order valence-electron chi connectivity index (χ2n) is 5.67. The summed E-state index contributed by atoms with van der Waals surface area (Å²) in [5.74, 6) is -0.340. The predicted octanol–water partition coefficient (Wildman–Crippen LogP) is 2.79. The van der Waals surface area contributed by atoms with E-state index in [-0.39, 0.29) is 11.7 Å². The molecule has 0 unspecified atom stereocenters. The number of hydrogen-bond donors (Lipinski definition) is 1. The van der Waals surface area contributed by atoms with Crippen molar-refractivity contribution in [1.82, 2.24) is 20.0 Å². The van der Waals surface area contributed by atoms with E-state index in [1.165, 1.54) is 0 Å². The summed E-state index contributed by atoms with van der Waals surface area (Å²) >= 11 is 0. The molecule has 0 amide bonds. The van der Waals surface area contributed by atoms with Gasteiger partial charge in [-0.05, 0) is 43.7 Å². The average Bonchev–Trinajstić information content (AvgIpc) is 2.94. The van der Waals surface area contributed by atoms with E-state index < -0.39 is 5.97 Å². The molecule has 0 saturated heterocycles. The molecular weight excluding hydrogens is 268 g/mol. The minimum absolute atomic E-state index is 0.0210. The summed E-state index contributed by atoms with van der Waals surface area (Å²) < 4.78 is 1.76. The highest BCUT2D eigenvalue weighted by atomic mass is 16.4. The van der Waals surface area contributed by atoms with Gasteiger partial charge in [-0.3, -0.25) is 4.98 Å². The summed E-state index contributed by atoms with van der Waals surface area (Å²) in [5.41, 5.74) is 1.11. The first kappa shape index (κ1) is 13.7. The smallest absolute Gasteiger partial charge is 0.358 e. The normalized spacial score (nSPS) is 22.1. The molecule has 2 heterocycles. The Morgan fingerprint density at radius 1 is 1.29 bits per heavy atom. The fourth-order valence-corrected chi connectivity index (χ4v) is 2.92. The summed E-state index contributed by atoms with van der Waals surface area (Å²) in [4.78, 5) is 15.7. The molecule has 110 valence electrons. The van der Waals surface area contributed by atoms with Crippen molar-refractivity contribution < 1.29 is 9.90 Å². The zero-order chi connectivity index (χ0) is 14.8. The molecule has 0 spiro atoms. The first-order valence-corrected chi connectivity index (χ1v) is 7.26. The highest BCUT2D eigenvalue weighted by Gasteiger charge is 2.28. The zero-order valence-corrected chi connectivity index (χ0v) is 11.9. The number of aromatic nitrogens is 4. The topological polar surface area (TPSA) is 80.9 Å². The van der Waals surface area contributed by atoms with E-state index in [1.54, 1.807) is 23.0 Å². The van der Waals surface area contributed by atoms with Crippen molar-refractivity contribution in [3.63, 3.8) is 0 Å². The molecule has 1 aliphatic carbocycles. The number of nitrogens with zero attached hydrogens (tertiary/aromatic N) is 4. The Morgan fingerprint density at radius 3 is 2.67 bits per heavy atom. The zero-order valence-electron chi connectivity index (χ0n) is 11.9. The number of carboxylic acid groups (broad SMARTS) is 1. The number of carboxylic acids is 1. The minimum atomic E-state index is -1.06. The fraction of sp³-hybridized carbons (Fsp3) is 0.467. The molecule has 21 heavy (non-hydrogen) atoms. The van der Waals surface area contributed by atoms with Crippen LogP contribution < -0.4 is 0 Å². The van der Waals surface area contributed by atoms with Crippen LogP contribution in [0.5, 0.6) is 0 Å². The lowest BCUT2D eigenvalue weighted by molar-refractivity contribution is 0.0691. The van der Waals surface area contributed by atoms with Crippen LogP contribution in [0, 0.1) is 5.92 Å². The van der Waals surface area contributed by atoms with E-state index in [0.29, 0.717) is 11.4 Å². The highest BCUT2D eigenvalue weighted by Crippen LogP contribution is 2.34. The van der Waals surface area contributed by atoms with Gasteiger partial charge < -0.3 is 5.11 Å². The van der Waals surface area contributed by atoms with Crippen molar-refractivity contribution in [2.45, 2.75) is 38.6 Å². The van der Waals surface area contributed by atoms with Crippen molar-refractivity contribution >= 4 is 5.97 Å². The lowest BCUT2D eigenvalue weighted by Crippen LogP contribution is -2.19. The van der Waals surface area contributed by atoms with Crippen molar-refractivity contribution in [3.05, 3.63) is 30.1 Å². The van der Waals surface area contributed by atoms with Crippen LogP contribution >= 0.6 is 0 Å². The number of carbonyl (C=O) groups is 1. The van der Waals surface area contributed by atoms with Crippen LogP contribution in [0.1, 0.15) is 49.1 Å². The van der Waals surface area contributed by atoms with Crippen LogP contribution in [-0.4, -0.2) is 31.1 Å². The molecule has 1 fully saturated rings. The van der Waals surface area contributed by atoms with E-state index in [0.717, 1.165) is 31.6 Å². The molecule has 3 rings (SSSR count). The van der Waals surface area contributed by atoms with Gasteiger partial charge in [-0.2, -0.15) is 0 Å². The number of aromatic carboxylic acids is 1. The van der Waals surface area contributed by atoms with Gasteiger partial charge in [0.1, 0.15) is 5.69 Å². The third-order valence-electron chi connectivity index (χ3n) is 4.14. The molecule has 0 radical (unpaired) electrons. The molecule has 6 heteroatoms. The third-order valence-corrected chi connectivity index (χ3v) is 4.14. The molecule has 0 atom stereocenters. The van der Waals surface area contributed by atoms with Crippen molar-refractivity contribution in [2.75, 3.05) is 0 Å². The first-order valence-electron chi connectivity index (χ1n) is 7.26. The van der Waals surface area contributed by atoms with Gasteiger partial charge in [0.2, 0.25) is 0 Å². The second-order valence-corrected chi connectivity index (χ2v) is 5.67. The molecule has 2 aromatic heterocycles. The Morgan fingerprint density at radius 2 is 2.05 bits per heavy atom. The molecule has 6 nitrogen and oxygen atoms in total. The Balaban J connectivity index is 2.03. The molecule has 0 aromatic carbocycles. The van der Waals surface area contributed by atoms with Gasteiger partial charge in [-0.25, -0.2) is 9.48 Å². The van der Waals surface area contributed by atoms with Crippen LogP contribution in [0.2, 0.25) is 0 Å². The highest BCUT2D eigenvalue weighted by molar-refractivity contribution is 5.92. The maximum Gasteiger partial charge on any atom is 0.358 e. The summed E-state index contributed by atoms with van der Waals surface area (Å²) in [5, 5.41) is 17.3. The van der Waals surface area contributed by atoms with E-state index in [4.69, 9.17) is 0 Å². The summed E-state index contributed by atoms with van der Waals surface area (Å²) in [7, 11) is 0.